The minimum absolute atomic E-state index is 0.0588. The van der Waals surface area contributed by atoms with Crippen molar-refractivity contribution in [3.8, 4) is 17.2 Å². The third-order valence-corrected chi connectivity index (χ3v) is 5.12. The summed E-state index contributed by atoms with van der Waals surface area (Å²) in [6.45, 7) is 2.10. The van der Waals surface area contributed by atoms with Crippen molar-refractivity contribution in [2.45, 2.75) is 13.0 Å². The number of hydrogen-bond acceptors (Lipinski definition) is 5. The van der Waals surface area contributed by atoms with E-state index in [4.69, 9.17) is 19.2 Å². The van der Waals surface area contributed by atoms with E-state index in [1.807, 2.05) is 30.5 Å². The Balaban J connectivity index is 2.13. The van der Waals surface area contributed by atoms with Gasteiger partial charge < -0.3 is 14.2 Å². The molecule has 1 aromatic heterocycles. The van der Waals surface area contributed by atoms with Crippen molar-refractivity contribution < 1.29 is 14.2 Å². The molecule has 4 nitrogen and oxygen atoms in total. The van der Waals surface area contributed by atoms with Crippen molar-refractivity contribution in [1.82, 2.24) is 0 Å². The number of aryl methyl sites for hydroxylation is 1. The van der Waals surface area contributed by atoms with Crippen molar-refractivity contribution in [3.63, 3.8) is 0 Å². The summed E-state index contributed by atoms with van der Waals surface area (Å²) in [6.07, 6.45) is 7.88. The van der Waals surface area contributed by atoms with Gasteiger partial charge in [0.05, 0.1) is 21.3 Å². The minimum Gasteiger partial charge on any atom is -0.493 e. The molecule has 5 heteroatoms. The summed E-state index contributed by atoms with van der Waals surface area (Å²) in [5, 5.41) is 2.15. The van der Waals surface area contributed by atoms with Crippen molar-refractivity contribution in [2.75, 3.05) is 21.3 Å². The summed E-state index contributed by atoms with van der Waals surface area (Å²) in [7, 11) is 4.86. The Morgan fingerprint density at radius 3 is 2.24 bits per heavy atom. The predicted octanol–water partition coefficient (Wildman–Crippen LogP) is 4.85. The zero-order valence-corrected chi connectivity index (χ0v) is 15.6. The van der Waals surface area contributed by atoms with Crippen molar-refractivity contribution in [1.29, 1.82) is 0 Å². The van der Waals surface area contributed by atoms with Crippen LogP contribution in [0.15, 0.2) is 46.8 Å². The van der Waals surface area contributed by atoms with Crippen LogP contribution in [0.4, 0.5) is 0 Å². The fourth-order valence-corrected chi connectivity index (χ4v) is 3.80. The SMILES string of the molecule is COc1cc(C2=CC=CC=NC2c2cc(C)cs2)cc(OC)c1OC. The van der Waals surface area contributed by atoms with Gasteiger partial charge in [0.1, 0.15) is 6.04 Å². The van der Waals surface area contributed by atoms with Gasteiger partial charge in [0.25, 0.3) is 0 Å². The van der Waals surface area contributed by atoms with Gasteiger partial charge >= 0.3 is 0 Å². The van der Waals surface area contributed by atoms with E-state index in [-0.39, 0.29) is 6.04 Å². The zero-order chi connectivity index (χ0) is 17.8. The maximum absolute atomic E-state index is 5.50. The molecule has 0 fully saturated rings. The molecule has 1 aromatic carbocycles. The number of thiophene rings is 1. The molecule has 0 amide bonds. The van der Waals surface area contributed by atoms with E-state index in [0.29, 0.717) is 17.2 Å². The number of nitrogens with zero attached hydrogens (tertiary/aromatic N) is 1. The predicted molar refractivity (Wildman–Crippen MR) is 104 cm³/mol. The molecule has 1 aliphatic heterocycles. The van der Waals surface area contributed by atoms with Gasteiger partial charge in [-0.25, -0.2) is 0 Å². The molecular formula is C20H21NO3S. The maximum Gasteiger partial charge on any atom is 0.203 e. The molecule has 0 spiro atoms. The van der Waals surface area contributed by atoms with Crippen LogP contribution in [0.3, 0.4) is 0 Å². The lowest BCUT2D eigenvalue weighted by Gasteiger charge is -2.19. The minimum atomic E-state index is -0.0588. The number of ether oxygens (including phenoxy) is 3. The quantitative estimate of drug-likeness (QED) is 0.770. The van der Waals surface area contributed by atoms with Crippen LogP contribution < -0.4 is 14.2 Å². The van der Waals surface area contributed by atoms with Crippen LogP contribution in [-0.4, -0.2) is 27.5 Å². The number of rotatable bonds is 5. The van der Waals surface area contributed by atoms with Crippen LogP contribution in [0.2, 0.25) is 0 Å². The fraction of sp³-hybridized carbons (Fsp3) is 0.250. The molecule has 0 aliphatic carbocycles. The summed E-state index contributed by atoms with van der Waals surface area (Å²) >= 11 is 1.72. The third-order valence-electron chi connectivity index (χ3n) is 4.02. The van der Waals surface area contributed by atoms with Gasteiger partial charge in [-0.15, -0.1) is 11.3 Å². The molecule has 0 N–H and O–H groups in total. The maximum atomic E-state index is 5.50. The van der Waals surface area contributed by atoms with Crippen molar-refractivity contribution in [2.24, 2.45) is 4.99 Å². The number of aliphatic imine (C=N–C) groups is 1. The highest BCUT2D eigenvalue weighted by atomic mass is 32.1. The first-order valence-electron chi connectivity index (χ1n) is 7.93. The van der Waals surface area contributed by atoms with Crippen molar-refractivity contribution in [3.05, 3.63) is 57.8 Å². The number of allylic oxidation sites excluding steroid dienone is 3. The molecule has 2 heterocycles. The molecule has 0 saturated heterocycles. The standard InChI is InChI=1S/C20H21NO3S/c1-13-9-18(25-12-13)19-15(7-5-6-8-21-19)14-10-16(22-2)20(24-4)17(11-14)23-3/h5-12,19H,1-4H3. The Bertz CT molecular complexity index is 823. The Morgan fingerprint density at radius 1 is 0.960 bits per heavy atom. The molecule has 3 rings (SSSR count). The highest BCUT2D eigenvalue weighted by Crippen LogP contribution is 2.44. The van der Waals surface area contributed by atoms with Gasteiger partial charge in [-0.05, 0) is 53.3 Å². The van der Waals surface area contributed by atoms with Crippen LogP contribution in [0.1, 0.15) is 22.0 Å². The molecular weight excluding hydrogens is 334 g/mol. The zero-order valence-electron chi connectivity index (χ0n) is 14.8. The molecule has 1 unspecified atom stereocenters. The lowest BCUT2D eigenvalue weighted by atomic mass is 9.96. The first kappa shape index (κ1) is 17.3. The first-order chi connectivity index (χ1) is 12.2. The van der Waals surface area contributed by atoms with Crippen LogP contribution in [0.5, 0.6) is 17.2 Å². The number of hydrogen-bond donors (Lipinski definition) is 0. The average molecular weight is 355 g/mol. The molecule has 25 heavy (non-hydrogen) atoms. The highest BCUT2D eigenvalue weighted by Gasteiger charge is 2.22. The van der Waals surface area contributed by atoms with E-state index >= 15 is 0 Å². The van der Waals surface area contributed by atoms with Gasteiger partial charge in [0, 0.05) is 11.1 Å². The molecule has 2 aromatic rings. The Kier molecular flexibility index (Phi) is 5.24. The lowest BCUT2D eigenvalue weighted by Crippen LogP contribution is -2.01. The van der Waals surface area contributed by atoms with Gasteiger partial charge in [-0.1, -0.05) is 12.2 Å². The normalized spacial score (nSPS) is 16.3. The van der Waals surface area contributed by atoms with Crippen LogP contribution >= 0.6 is 11.3 Å². The summed E-state index contributed by atoms with van der Waals surface area (Å²) in [6, 6.07) is 6.06. The Labute approximate surface area is 152 Å². The van der Waals surface area contributed by atoms with Crippen LogP contribution in [0, 0.1) is 6.92 Å². The summed E-state index contributed by atoms with van der Waals surface area (Å²) < 4.78 is 16.4. The molecule has 1 atom stereocenters. The molecule has 0 bridgehead atoms. The van der Waals surface area contributed by atoms with Gasteiger partial charge in [-0.2, -0.15) is 0 Å². The van der Waals surface area contributed by atoms with E-state index < -0.39 is 0 Å². The molecule has 0 radical (unpaired) electrons. The monoisotopic (exact) mass is 355 g/mol. The molecule has 1 aliphatic rings. The van der Waals surface area contributed by atoms with Crippen molar-refractivity contribution >= 4 is 23.1 Å². The first-order valence-corrected chi connectivity index (χ1v) is 8.81. The van der Waals surface area contributed by atoms with E-state index in [2.05, 4.69) is 24.4 Å². The largest absolute Gasteiger partial charge is 0.493 e. The van der Waals surface area contributed by atoms with Crippen LogP contribution in [0.25, 0.3) is 5.57 Å². The Hall–Kier alpha value is -2.53. The van der Waals surface area contributed by atoms with E-state index in [1.165, 1.54) is 10.4 Å². The summed E-state index contributed by atoms with van der Waals surface area (Å²) in [5.41, 5.74) is 3.33. The van der Waals surface area contributed by atoms with Gasteiger partial charge in [0.2, 0.25) is 5.75 Å². The highest BCUT2D eigenvalue weighted by molar-refractivity contribution is 7.10. The lowest BCUT2D eigenvalue weighted by molar-refractivity contribution is 0.324. The van der Waals surface area contributed by atoms with E-state index in [9.17, 15) is 0 Å². The third kappa shape index (κ3) is 3.46. The smallest absolute Gasteiger partial charge is 0.203 e. The topological polar surface area (TPSA) is 40.0 Å². The summed E-state index contributed by atoms with van der Waals surface area (Å²) in [5.74, 6) is 1.86. The summed E-state index contributed by atoms with van der Waals surface area (Å²) in [4.78, 5) is 5.94. The molecule has 130 valence electrons. The fourth-order valence-electron chi connectivity index (χ4n) is 2.84. The van der Waals surface area contributed by atoms with E-state index in [1.54, 1.807) is 32.7 Å². The number of methoxy groups -OCH3 is 3. The average Bonchev–Trinajstić information content (AvgIpc) is 2.92. The number of benzene rings is 1. The van der Waals surface area contributed by atoms with Gasteiger partial charge in [0.15, 0.2) is 11.5 Å². The molecule has 0 saturated carbocycles. The Morgan fingerprint density at radius 2 is 1.68 bits per heavy atom. The van der Waals surface area contributed by atoms with Gasteiger partial charge in [-0.3, -0.25) is 4.99 Å². The van der Waals surface area contributed by atoms with E-state index in [0.717, 1.165) is 11.1 Å². The second-order valence-electron chi connectivity index (χ2n) is 5.65. The van der Waals surface area contributed by atoms with Crippen LogP contribution in [-0.2, 0) is 0 Å². The second kappa shape index (κ2) is 7.57. The second-order valence-corrected chi connectivity index (χ2v) is 6.59.